The molecule has 8 unspecified atom stereocenters. The van der Waals surface area contributed by atoms with Crippen molar-refractivity contribution in [2.24, 2.45) is 23.7 Å². The lowest BCUT2D eigenvalue weighted by Crippen LogP contribution is -2.59. The smallest absolute Gasteiger partial charge is 0.0547 e. The Morgan fingerprint density at radius 2 is 0.926 bits per heavy atom. The minimum absolute atomic E-state index is 0.851. The standard InChI is InChI=1S/C24H38Si3/c1-25(2)23-19-13-9-7-11-17(19)15-21(23)26(3,4)27(5,6)22-16-18-12-8-10-14-20(18)24(22)25/h7-14,17-24H,15-16H2,1-6H3. The maximum atomic E-state index is 2.85. The van der Waals surface area contributed by atoms with Crippen LogP contribution in [0.4, 0.5) is 0 Å². The van der Waals surface area contributed by atoms with Crippen LogP contribution in [0, 0.1) is 23.7 Å². The van der Waals surface area contributed by atoms with Gasteiger partial charge in [0.25, 0.3) is 0 Å². The molecule has 0 radical (unpaired) electrons. The van der Waals surface area contributed by atoms with E-state index in [1.165, 1.54) is 12.8 Å². The first-order valence-electron chi connectivity index (χ1n) is 11.4. The molecule has 4 aliphatic carbocycles. The lowest BCUT2D eigenvalue weighted by Gasteiger charge is -2.47. The third-order valence-corrected chi connectivity index (χ3v) is 36.7. The Morgan fingerprint density at radius 3 is 1.33 bits per heavy atom. The lowest BCUT2D eigenvalue weighted by atomic mass is 9.91. The number of rotatable bonds is 0. The SMILES string of the molecule is C[Si]1(C)C2C3C=CC=CC3CC2[Si](C)(C)[Si](C)(C)C2CC3C=CC=CC3C21. The van der Waals surface area contributed by atoms with Crippen molar-refractivity contribution in [3.05, 3.63) is 48.6 Å². The molecule has 146 valence electrons. The van der Waals surface area contributed by atoms with E-state index in [2.05, 4.69) is 87.9 Å². The van der Waals surface area contributed by atoms with E-state index in [-0.39, 0.29) is 0 Å². The van der Waals surface area contributed by atoms with Crippen LogP contribution in [0.25, 0.3) is 0 Å². The Kier molecular flexibility index (Phi) is 4.02. The van der Waals surface area contributed by atoms with Gasteiger partial charge in [0.15, 0.2) is 0 Å². The second-order valence-electron chi connectivity index (χ2n) is 12.0. The average Bonchev–Trinajstić information content (AvgIpc) is 3.20. The molecular formula is C24H38Si3. The molecule has 3 heteroatoms. The molecular weight excluding hydrogens is 373 g/mol. The predicted molar refractivity (Wildman–Crippen MR) is 127 cm³/mol. The van der Waals surface area contributed by atoms with Gasteiger partial charge in [-0.2, -0.15) is 0 Å². The minimum Gasteiger partial charge on any atom is -0.0809 e. The van der Waals surface area contributed by atoms with Crippen LogP contribution >= 0.6 is 0 Å². The van der Waals surface area contributed by atoms with Crippen LogP contribution in [-0.2, 0) is 0 Å². The van der Waals surface area contributed by atoms with Gasteiger partial charge in [-0.25, -0.2) is 0 Å². The van der Waals surface area contributed by atoms with E-state index in [1.54, 1.807) is 0 Å². The van der Waals surface area contributed by atoms with Crippen LogP contribution in [0.5, 0.6) is 0 Å². The molecule has 0 nitrogen and oxygen atoms in total. The summed E-state index contributed by atoms with van der Waals surface area (Å²) in [5.74, 6) is 3.42. The number of fused-ring (bicyclic) bond motifs is 6. The maximum absolute atomic E-state index is 2.85. The van der Waals surface area contributed by atoms with E-state index >= 15 is 0 Å². The second kappa shape index (κ2) is 5.82. The highest BCUT2D eigenvalue weighted by atomic mass is 29.3. The maximum Gasteiger partial charge on any atom is 0.0547 e. The Bertz CT molecular complexity index is 692. The van der Waals surface area contributed by atoms with Crippen molar-refractivity contribution in [1.29, 1.82) is 0 Å². The normalized spacial score (nSPS) is 49.9. The summed E-state index contributed by atoms with van der Waals surface area (Å²) in [5, 5.41) is 0. The van der Waals surface area contributed by atoms with Crippen molar-refractivity contribution < 1.29 is 0 Å². The van der Waals surface area contributed by atoms with E-state index in [0.29, 0.717) is 0 Å². The summed E-state index contributed by atoms with van der Waals surface area (Å²) in [6.07, 6.45) is 23.0. The molecule has 1 heterocycles. The topological polar surface area (TPSA) is 0 Å². The zero-order chi connectivity index (χ0) is 19.2. The summed E-state index contributed by atoms with van der Waals surface area (Å²) in [6, 6.07) is 0. The molecule has 0 bridgehead atoms. The predicted octanol–water partition coefficient (Wildman–Crippen LogP) is 7.21. The van der Waals surface area contributed by atoms with Gasteiger partial charge >= 0.3 is 0 Å². The molecule has 27 heavy (non-hydrogen) atoms. The van der Waals surface area contributed by atoms with Gasteiger partial charge in [0.2, 0.25) is 0 Å². The fourth-order valence-electron chi connectivity index (χ4n) is 8.69. The summed E-state index contributed by atoms with van der Waals surface area (Å²) in [7, 11) is -3.93. The monoisotopic (exact) mass is 410 g/mol. The minimum atomic E-state index is -1.40. The fraction of sp³-hybridized carbons (Fsp3) is 0.667. The van der Waals surface area contributed by atoms with Gasteiger partial charge in [-0.05, 0) is 58.7 Å². The molecule has 0 aromatic carbocycles. The van der Waals surface area contributed by atoms with E-state index in [0.717, 1.165) is 45.8 Å². The van der Waals surface area contributed by atoms with Gasteiger partial charge in [-0.3, -0.25) is 0 Å². The van der Waals surface area contributed by atoms with Gasteiger partial charge in [-0.1, -0.05) is 87.9 Å². The van der Waals surface area contributed by atoms with Crippen LogP contribution in [0.2, 0.25) is 61.4 Å². The third kappa shape index (κ3) is 2.31. The van der Waals surface area contributed by atoms with Crippen molar-refractivity contribution in [2.75, 3.05) is 0 Å². The zero-order valence-electron chi connectivity index (χ0n) is 18.2. The van der Waals surface area contributed by atoms with Crippen LogP contribution in [-0.4, -0.2) is 23.3 Å². The van der Waals surface area contributed by atoms with E-state index in [4.69, 9.17) is 0 Å². The van der Waals surface area contributed by atoms with Gasteiger partial charge in [0.1, 0.15) is 0 Å². The average molecular weight is 411 g/mol. The van der Waals surface area contributed by atoms with E-state index < -0.39 is 23.3 Å². The van der Waals surface area contributed by atoms with Crippen molar-refractivity contribution >= 4 is 23.3 Å². The van der Waals surface area contributed by atoms with Crippen molar-refractivity contribution in [1.82, 2.24) is 0 Å². The highest BCUT2D eigenvalue weighted by molar-refractivity contribution is 7.42. The van der Waals surface area contributed by atoms with Gasteiger partial charge in [-0.15, -0.1) is 0 Å². The van der Waals surface area contributed by atoms with Gasteiger partial charge in [0, 0.05) is 15.2 Å². The van der Waals surface area contributed by atoms with Crippen LogP contribution in [0.15, 0.2) is 48.6 Å². The summed E-state index contributed by atoms with van der Waals surface area (Å²) >= 11 is 0. The van der Waals surface area contributed by atoms with E-state index in [1.807, 2.05) is 0 Å². The first-order valence-corrected chi connectivity index (χ1v) is 21.7. The van der Waals surface area contributed by atoms with Gasteiger partial charge in [0.05, 0.1) is 8.07 Å². The summed E-state index contributed by atoms with van der Waals surface area (Å²) in [6.45, 7) is 17.1. The van der Waals surface area contributed by atoms with Crippen molar-refractivity contribution in [3.8, 4) is 0 Å². The van der Waals surface area contributed by atoms with Crippen LogP contribution < -0.4 is 0 Å². The second-order valence-corrected chi connectivity index (χ2v) is 33.1. The highest BCUT2D eigenvalue weighted by Gasteiger charge is 2.69. The van der Waals surface area contributed by atoms with Crippen LogP contribution in [0.3, 0.4) is 0 Å². The van der Waals surface area contributed by atoms with Crippen molar-refractivity contribution in [3.63, 3.8) is 0 Å². The largest absolute Gasteiger partial charge is 0.0809 e. The summed E-state index contributed by atoms with van der Waals surface area (Å²) in [5.41, 5.74) is 4.22. The molecule has 2 saturated carbocycles. The molecule has 1 aliphatic heterocycles. The third-order valence-electron chi connectivity index (χ3n) is 10.6. The molecule has 1 saturated heterocycles. The molecule has 0 amide bonds. The lowest BCUT2D eigenvalue weighted by molar-refractivity contribution is 0.517. The highest BCUT2D eigenvalue weighted by Crippen LogP contribution is 2.72. The zero-order valence-corrected chi connectivity index (χ0v) is 21.2. The molecule has 8 atom stereocenters. The van der Waals surface area contributed by atoms with Gasteiger partial charge < -0.3 is 0 Å². The molecule has 3 fully saturated rings. The molecule has 0 aromatic rings. The van der Waals surface area contributed by atoms with Crippen molar-refractivity contribution in [2.45, 2.75) is 74.3 Å². The summed E-state index contributed by atoms with van der Waals surface area (Å²) in [4.78, 5) is 0. The molecule has 0 aromatic heterocycles. The molecule has 0 spiro atoms. The Labute approximate surface area is 169 Å². The first-order chi connectivity index (χ1) is 12.7. The Balaban J connectivity index is 1.69. The Hall–Kier alpha value is -0.389. The quantitative estimate of drug-likeness (QED) is 0.370. The van der Waals surface area contributed by atoms with Crippen LogP contribution in [0.1, 0.15) is 12.8 Å². The van der Waals surface area contributed by atoms with E-state index in [9.17, 15) is 0 Å². The molecule has 5 rings (SSSR count). The molecule has 5 aliphatic rings. The number of hydrogen-bond donors (Lipinski definition) is 0. The number of hydrogen-bond acceptors (Lipinski definition) is 0. The first kappa shape index (κ1) is 18.6. The summed E-state index contributed by atoms with van der Waals surface area (Å²) < 4.78 is 0. The Morgan fingerprint density at radius 1 is 0.556 bits per heavy atom. The fourth-order valence-corrected chi connectivity index (χ4v) is 33.7. The molecule has 0 N–H and O–H groups in total. The number of allylic oxidation sites excluding steroid dienone is 8.